The number of carbonyl (C=O) groups excluding carboxylic acids is 1. The zero-order chi connectivity index (χ0) is 18.5. The zero-order valence-corrected chi connectivity index (χ0v) is 15.8. The molecular formula is C21H21N3O2S. The second-order valence-corrected chi connectivity index (χ2v) is 7.43. The van der Waals surface area contributed by atoms with Crippen LogP contribution in [0.4, 0.5) is 0 Å². The predicted molar refractivity (Wildman–Crippen MR) is 106 cm³/mol. The Morgan fingerprint density at radius 2 is 1.85 bits per heavy atom. The third-order valence-electron chi connectivity index (χ3n) is 4.65. The van der Waals surface area contributed by atoms with Gasteiger partial charge >= 0.3 is 0 Å². The average Bonchev–Trinajstić information content (AvgIpc) is 3.18. The number of piperidine rings is 1. The fraction of sp³-hybridized carbons (Fsp3) is 0.286. The molecule has 3 heterocycles. The molecule has 0 bridgehead atoms. The highest BCUT2D eigenvalue weighted by atomic mass is 32.1. The Hall–Kier alpha value is -2.73. The van der Waals surface area contributed by atoms with Gasteiger partial charge < -0.3 is 9.64 Å². The Kier molecular flexibility index (Phi) is 5.44. The highest BCUT2D eigenvalue weighted by Gasteiger charge is 2.24. The van der Waals surface area contributed by atoms with Gasteiger partial charge in [0.25, 0.3) is 0 Å². The maximum Gasteiger partial charge on any atom is 0.228 e. The first kappa shape index (κ1) is 17.7. The lowest BCUT2D eigenvalue weighted by molar-refractivity contribution is -0.132. The van der Waals surface area contributed by atoms with E-state index in [1.807, 2.05) is 52.7 Å². The van der Waals surface area contributed by atoms with E-state index in [9.17, 15) is 4.79 Å². The molecule has 5 nitrogen and oxygen atoms in total. The van der Waals surface area contributed by atoms with Crippen LogP contribution in [0.5, 0.6) is 5.75 Å². The van der Waals surface area contributed by atoms with Crippen molar-refractivity contribution in [2.24, 2.45) is 0 Å². The molecule has 1 aromatic carbocycles. The number of hydrogen-bond donors (Lipinski definition) is 0. The van der Waals surface area contributed by atoms with Crippen LogP contribution >= 0.6 is 11.3 Å². The number of thiazole rings is 1. The van der Waals surface area contributed by atoms with Gasteiger partial charge in [-0.2, -0.15) is 0 Å². The van der Waals surface area contributed by atoms with E-state index in [4.69, 9.17) is 4.74 Å². The van der Waals surface area contributed by atoms with E-state index in [0.29, 0.717) is 6.42 Å². The Bertz CT molecular complexity index is 875. The first-order valence-electron chi connectivity index (χ1n) is 9.12. The van der Waals surface area contributed by atoms with Crippen LogP contribution in [0.15, 0.2) is 60.2 Å². The largest absolute Gasteiger partial charge is 0.490 e. The lowest BCUT2D eigenvalue weighted by Gasteiger charge is -2.32. The molecule has 1 amide bonds. The Morgan fingerprint density at radius 1 is 1.11 bits per heavy atom. The van der Waals surface area contributed by atoms with Gasteiger partial charge in [-0.25, -0.2) is 4.98 Å². The Labute approximate surface area is 162 Å². The summed E-state index contributed by atoms with van der Waals surface area (Å²) in [7, 11) is 0. The molecule has 1 saturated heterocycles. The number of aromatic nitrogens is 2. The smallest absolute Gasteiger partial charge is 0.228 e. The number of rotatable bonds is 5. The quantitative estimate of drug-likeness (QED) is 0.676. The lowest BCUT2D eigenvalue weighted by atomic mass is 10.1. The molecular weight excluding hydrogens is 358 g/mol. The molecule has 138 valence electrons. The fourth-order valence-electron chi connectivity index (χ4n) is 3.20. The van der Waals surface area contributed by atoms with Gasteiger partial charge in [-0.1, -0.05) is 30.3 Å². The van der Waals surface area contributed by atoms with Gasteiger partial charge in [0.2, 0.25) is 5.91 Å². The van der Waals surface area contributed by atoms with Gasteiger partial charge in [0.1, 0.15) is 16.9 Å². The van der Waals surface area contributed by atoms with Crippen LogP contribution in [-0.4, -0.2) is 40.0 Å². The van der Waals surface area contributed by atoms with E-state index < -0.39 is 0 Å². The van der Waals surface area contributed by atoms with E-state index in [1.165, 1.54) is 0 Å². The summed E-state index contributed by atoms with van der Waals surface area (Å²) in [4.78, 5) is 23.2. The molecule has 0 saturated carbocycles. The standard InChI is InChI=1S/C21H21N3O2S/c25-20(14-17-15-27-21(23-17)16-4-2-1-3-5-16)24-12-8-19(9-13-24)26-18-6-10-22-11-7-18/h1-7,10-11,15,19H,8-9,12-14H2. The molecule has 4 rings (SSSR count). The van der Waals surface area contributed by atoms with Gasteiger partial charge in [-0.3, -0.25) is 9.78 Å². The van der Waals surface area contributed by atoms with Crippen molar-refractivity contribution in [3.05, 3.63) is 65.9 Å². The van der Waals surface area contributed by atoms with Crippen molar-refractivity contribution in [3.8, 4) is 16.3 Å². The summed E-state index contributed by atoms with van der Waals surface area (Å²) in [5, 5.41) is 2.95. The second-order valence-electron chi connectivity index (χ2n) is 6.57. The van der Waals surface area contributed by atoms with Gasteiger partial charge in [0.15, 0.2) is 0 Å². The van der Waals surface area contributed by atoms with E-state index in [-0.39, 0.29) is 12.0 Å². The van der Waals surface area contributed by atoms with E-state index >= 15 is 0 Å². The van der Waals surface area contributed by atoms with Gasteiger partial charge in [0.05, 0.1) is 12.1 Å². The summed E-state index contributed by atoms with van der Waals surface area (Å²) in [6, 6.07) is 13.8. The van der Waals surface area contributed by atoms with E-state index in [1.54, 1.807) is 23.7 Å². The van der Waals surface area contributed by atoms with Crippen molar-refractivity contribution in [3.63, 3.8) is 0 Å². The number of ether oxygens (including phenoxy) is 1. The zero-order valence-electron chi connectivity index (χ0n) is 15.0. The highest BCUT2D eigenvalue weighted by Crippen LogP contribution is 2.24. The SMILES string of the molecule is O=C(Cc1csc(-c2ccccc2)n1)N1CCC(Oc2ccncc2)CC1. The third kappa shape index (κ3) is 4.52. The number of carbonyl (C=O) groups is 1. The second kappa shape index (κ2) is 8.31. The number of benzene rings is 1. The Balaban J connectivity index is 1.29. The molecule has 3 aromatic rings. The minimum Gasteiger partial charge on any atom is -0.490 e. The molecule has 1 fully saturated rings. The molecule has 1 aliphatic rings. The van der Waals surface area contributed by atoms with Crippen molar-refractivity contribution in [1.82, 2.24) is 14.9 Å². The van der Waals surface area contributed by atoms with Gasteiger partial charge in [-0.05, 0) is 12.1 Å². The van der Waals surface area contributed by atoms with Crippen LogP contribution in [0.25, 0.3) is 10.6 Å². The van der Waals surface area contributed by atoms with Crippen LogP contribution in [0.3, 0.4) is 0 Å². The van der Waals surface area contributed by atoms with Crippen molar-refractivity contribution >= 4 is 17.2 Å². The van der Waals surface area contributed by atoms with Crippen LogP contribution in [-0.2, 0) is 11.2 Å². The normalized spacial score (nSPS) is 14.9. The van der Waals surface area contributed by atoms with E-state index in [0.717, 1.165) is 47.9 Å². The maximum absolute atomic E-state index is 12.6. The summed E-state index contributed by atoms with van der Waals surface area (Å²) in [5.74, 6) is 0.980. The molecule has 0 N–H and O–H groups in total. The fourth-order valence-corrected chi connectivity index (χ4v) is 4.03. The van der Waals surface area contributed by atoms with E-state index in [2.05, 4.69) is 9.97 Å². The minimum atomic E-state index is 0.141. The van der Waals surface area contributed by atoms with Crippen LogP contribution in [0, 0.1) is 0 Å². The molecule has 0 aliphatic carbocycles. The Morgan fingerprint density at radius 3 is 2.59 bits per heavy atom. The first-order chi connectivity index (χ1) is 13.3. The van der Waals surface area contributed by atoms with Crippen molar-refractivity contribution in [1.29, 1.82) is 0 Å². The molecule has 6 heteroatoms. The highest BCUT2D eigenvalue weighted by molar-refractivity contribution is 7.13. The topological polar surface area (TPSA) is 55.3 Å². The minimum absolute atomic E-state index is 0.141. The molecule has 2 aromatic heterocycles. The molecule has 1 aliphatic heterocycles. The van der Waals surface area contributed by atoms with Crippen molar-refractivity contribution in [2.45, 2.75) is 25.4 Å². The number of pyridine rings is 1. The summed E-state index contributed by atoms with van der Waals surface area (Å²) < 4.78 is 5.97. The molecule has 0 spiro atoms. The molecule has 0 atom stereocenters. The van der Waals surface area contributed by atoms with Crippen molar-refractivity contribution in [2.75, 3.05) is 13.1 Å². The lowest BCUT2D eigenvalue weighted by Crippen LogP contribution is -2.42. The van der Waals surface area contributed by atoms with Crippen LogP contribution in [0.1, 0.15) is 18.5 Å². The maximum atomic E-state index is 12.6. The molecule has 27 heavy (non-hydrogen) atoms. The average molecular weight is 379 g/mol. The number of nitrogens with zero attached hydrogens (tertiary/aromatic N) is 3. The number of amides is 1. The molecule has 0 radical (unpaired) electrons. The van der Waals surface area contributed by atoms with Crippen molar-refractivity contribution < 1.29 is 9.53 Å². The summed E-state index contributed by atoms with van der Waals surface area (Å²) in [6.07, 6.45) is 5.66. The summed E-state index contributed by atoms with van der Waals surface area (Å²) in [6.45, 7) is 1.45. The van der Waals surface area contributed by atoms with Gasteiger partial charge in [-0.15, -0.1) is 11.3 Å². The molecule has 0 unspecified atom stereocenters. The summed E-state index contributed by atoms with van der Waals surface area (Å²) in [5.41, 5.74) is 1.94. The van der Waals surface area contributed by atoms with Crippen LogP contribution < -0.4 is 4.74 Å². The van der Waals surface area contributed by atoms with Crippen LogP contribution in [0.2, 0.25) is 0 Å². The first-order valence-corrected chi connectivity index (χ1v) is 10.0. The monoisotopic (exact) mass is 379 g/mol. The number of likely N-dealkylation sites (tertiary alicyclic amines) is 1. The summed E-state index contributed by atoms with van der Waals surface area (Å²) >= 11 is 1.59. The van der Waals surface area contributed by atoms with Gasteiger partial charge in [0, 0.05) is 49.3 Å². The third-order valence-corrected chi connectivity index (χ3v) is 5.59. The number of hydrogen-bond acceptors (Lipinski definition) is 5. The predicted octanol–water partition coefficient (Wildman–Crippen LogP) is 3.82.